The molecule has 0 saturated heterocycles. The highest BCUT2D eigenvalue weighted by atomic mass is 16.2. The van der Waals surface area contributed by atoms with Crippen LogP contribution in [0.5, 0.6) is 0 Å². The maximum Gasteiger partial charge on any atom is 0.398 e. The second kappa shape index (κ2) is 7.28. The number of rotatable bonds is 6. The molecule has 0 amide bonds. The largest absolute Gasteiger partial charge is 0.435 e. The van der Waals surface area contributed by atoms with E-state index >= 15 is 0 Å². The van der Waals surface area contributed by atoms with E-state index in [4.69, 9.17) is 0 Å². The summed E-state index contributed by atoms with van der Waals surface area (Å²) in [6.07, 6.45) is 7.51. The Morgan fingerprint density at radius 1 is 0.962 bits per heavy atom. The Morgan fingerprint density at radius 2 is 1.62 bits per heavy atom. The van der Waals surface area contributed by atoms with Crippen molar-refractivity contribution >= 4 is 44.4 Å². The lowest BCUT2D eigenvalue weighted by Gasteiger charge is -2.13. The van der Waals surface area contributed by atoms with Crippen LogP contribution in [0.3, 0.4) is 0 Å². The molecule has 4 nitrogen and oxygen atoms in total. The first-order valence-electron chi connectivity index (χ1n) is 8.58. The number of nitrogens with zero attached hydrogens (tertiary/aromatic N) is 2. The molecule has 2 N–H and O–H groups in total. The number of aromatic nitrogens is 2. The summed E-state index contributed by atoms with van der Waals surface area (Å²) < 4.78 is 3.70. The van der Waals surface area contributed by atoms with E-state index in [2.05, 4.69) is 13.2 Å². The van der Waals surface area contributed by atoms with Crippen LogP contribution in [0.15, 0.2) is 43.5 Å². The number of hydrogen-bond acceptors (Lipinski definition) is 2. The number of para-hydroxylation sites is 1. The molecule has 0 aliphatic carbocycles. The minimum atomic E-state index is -0.173. The first-order chi connectivity index (χ1) is 12.6. The molecule has 26 heavy (non-hydrogen) atoms. The number of benzene rings is 1. The lowest BCUT2D eigenvalue weighted by molar-refractivity contribution is 0.586. The van der Waals surface area contributed by atoms with Gasteiger partial charge < -0.3 is 19.0 Å². The summed E-state index contributed by atoms with van der Waals surface area (Å²) in [4.78, 5) is 0. The average Bonchev–Trinajstić information content (AvgIpc) is 3.12. The van der Waals surface area contributed by atoms with Crippen molar-refractivity contribution in [2.24, 2.45) is 0 Å². The van der Waals surface area contributed by atoms with Gasteiger partial charge >= 0.3 is 15.2 Å². The molecule has 0 spiro atoms. The van der Waals surface area contributed by atoms with Gasteiger partial charge in [-0.25, -0.2) is 0 Å². The highest BCUT2D eigenvalue weighted by molar-refractivity contribution is 6.30. The van der Waals surface area contributed by atoms with Gasteiger partial charge in [0, 0.05) is 27.7 Å². The standard InChI is InChI=1S/C20H22B2N2O2/c1-5-10-17-14(6-2)13(4)19(23(17)21-25)20-15(7-3)16-11-8-9-12-18(16)24(20)22-26/h5-12,21-22,25-26H,2-3H2,1,4H3/b10-5-. The highest BCUT2D eigenvalue weighted by Crippen LogP contribution is 2.39. The summed E-state index contributed by atoms with van der Waals surface area (Å²) in [5, 5.41) is 21.2. The summed E-state index contributed by atoms with van der Waals surface area (Å²) >= 11 is 0. The topological polar surface area (TPSA) is 50.3 Å². The Balaban J connectivity index is 2.52. The van der Waals surface area contributed by atoms with Crippen LogP contribution in [-0.4, -0.2) is 34.2 Å². The third-order valence-electron chi connectivity index (χ3n) is 4.85. The van der Waals surface area contributed by atoms with E-state index in [9.17, 15) is 10.0 Å². The monoisotopic (exact) mass is 344 g/mol. The third-order valence-corrected chi connectivity index (χ3v) is 4.85. The molecule has 3 rings (SSSR count). The van der Waals surface area contributed by atoms with Crippen LogP contribution in [0.25, 0.3) is 40.5 Å². The van der Waals surface area contributed by atoms with E-state index in [0.717, 1.165) is 44.7 Å². The molecule has 130 valence electrons. The van der Waals surface area contributed by atoms with Crippen LogP contribution in [0.1, 0.15) is 29.3 Å². The first-order valence-corrected chi connectivity index (χ1v) is 8.58. The molecule has 0 radical (unpaired) electrons. The van der Waals surface area contributed by atoms with E-state index in [1.54, 1.807) is 12.2 Å². The number of hydrogen-bond donors (Lipinski definition) is 2. The molecule has 6 heteroatoms. The van der Waals surface area contributed by atoms with Crippen molar-refractivity contribution in [3.8, 4) is 11.4 Å². The second-order valence-electron chi connectivity index (χ2n) is 6.10. The minimum Gasteiger partial charge on any atom is -0.435 e. The van der Waals surface area contributed by atoms with Crippen LogP contribution in [0.4, 0.5) is 0 Å². The first kappa shape index (κ1) is 18.1. The van der Waals surface area contributed by atoms with Gasteiger partial charge in [-0.15, -0.1) is 0 Å². The van der Waals surface area contributed by atoms with Crippen molar-refractivity contribution in [2.45, 2.75) is 13.8 Å². The van der Waals surface area contributed by atoms with E-state index in [-0.39, 0.29) is 15.2 Å². The Hall–Kier alpha value is -2.69. The van der Waals surface area contributed by atoms with E-state index in [0.29, 0.717) is 0 Å². The van der Waals surface area contributed by atoms with Gasteiger partial charge in [-0.3, -0.25) is 0 Å². The van der Waals surface area contributed by atoms with Crippen molar-refractivity contribution in [3.63, 3.8) is 0 Å². The Morgan fingerprint density at radius 3 is 2.19 bits per heavy atom. The zero-order valence-corrected chi connectivity index (χ0v) is 15.2. The summed E-state index contributed by atoms with van der Waals surface area (Å²) in [6.45, 7) is 11.9. The molecular formula is C20H22B2N2O2. The predicted molar refractivity (Wildman–Crippen MR) is 115 cm³/mol. The second-order valence-corrected chi connectivity index (χ2v) is 6.10. The van der Waals surface area contributed by atoms with E-state index < -0.39 is 0 Å². The van der Waals surface area contributed by atoms with E-state index in [1.165, 1.54) is 0 Å². The fourth-order valence-electron chi connectivity index (χ4n) is 3.77. The zero-order chi connectivity index (χ0) is 18.8. The Labute approximate surface area is 155 Å². The molecule has 0 unspecified atom stereocenters. The number of allylic oxidation sites excluding steroid dienone is 1. The third kappa shape index (κ3) is 2.50. The molecule has 0 aliphatic heterocycles. The van der Waals surface area contributed by atoms with Gasteiger partial charge in [0.2, 0.25) is 0 Å². The molecule has 1 aromatic carbocycles. The molecule has 0 aliphatic rings. The van der Waals surface area contributed by atoms with Gasteiger partial charge in [0.15, 0.2) is 0 Å². The fraction of sp³-hybridized carbons (Fsp3) is 0.100. The number of fused-ring (bicyclic) bond motifs is 1. The molecule has 0 saturated carbocycles. The van der Waals surface area contributed by atoms with Crippen molar-refractivity contribution in [1.29, 1.82) is 0 Å². The maximum atomic E-state index is 10.1. The van der Waals surface area contributed by atoms with Crippen molar-refractivity contribution in [1.82, 2.24) is 8.96 Å². The van der Waals surface area contributed by atoms with Crippen LogP contribution in [-0.2, 0) is 0 Å². The molecule has 2 aromatic heterocycles. The van der Waals surface area contributed by atoms with Gasteiger partial charge in [0.25, 0.3) is 0 Å². The van der Waals surface area contributed by atoms with Gasteiger partial charge in [-0.1, -0.05) is 49.6 Å². The Bertz CT molecular complexity index is 1030. The van der Waals surface area contributed by atoms with E-state index in [1.807, 2.05) is 59.2 Å². The molecule has 2 heterocycles. The smallest absolute Gasteiger partial charge is 0.398 e. The van der Waals surface area contributed by atoms with Crippen molar-refractivity contribution < 1.29 is 10.0 Å². The molecule has 0 atom stereocenters. The van der Waals surface area contributed by atoms with Crippen LogP contribution in [0, 0.1) is 6.92 Å². The zero-order valence-electron chi connectivity index (χ0n) is 15.2. The summed E-state index contributed by atoms with van der Waals surface area (Å²) in [7, 11) is -0.338. The van der Waals surface area contributed by atoms with Crippen molar-refractivity contribution in [3.05, 3.63) is 65.9 Å². The quantitative estimate of drug-likeness (QED) is 0.676. The minimum absolute atomic E-state index is 0.165. The van der Waals surface area contributed by atoms with Crippen LogP contribution >= 0.6 is 0 Å². The summed E-state index contributed by atoms with van der Waals surface area (Å²) in [5.74, 6) is 0. The molecular weight excluding hydrogens is 322 g/mol. The van der Waals surface area contributed by atoms with Crippen LogP contribution < -0.4 is 0 Å². The Kier molecular flexibility index (Phi) is 5.07. The van der Waals surface area contributed by atoms with Gasteiger partial charge in [0.1, 0.15) is 0 Å². The highest BCUT2D eigenvalue weighted by Gasteiger charge is 2.24. The average molecular weight is 344 g/mol. The molecule has 3 aromatic rings. The van der Waals surface area contributed by atoms with Crippen molar-refractivity contribution in [2.75, 3.05) is 0 Å². The van der Waals surface area contributed by atoms with Gasteiger partial charge in [0.05, 0.1) is 11.4 Å². The fourth-order valence-corrected chi connectivity index (χ4v) is 3.77. The van der Waals surface area contributed by atoms with Gasteiger partial charge in [-0.2, -0.15) is 0 Å². The lowest BCUT2D eigenvalue weighted by Crippen LogP contribution is -2.14. The van der Waals surface area contributed by atoms with Gasteiger partial charge in [-0.05, 0) is 31.6 Å². The molecule has 0 bridgehead atoms. The maximum absolute atomic E-state index is 10.1. The van der Waals surface area contributed by atoms with Crippen LogP contribution in [0.2, 0.25) is 0 Å². The lowest BCUT2D eigenvalue weighted by atomic mass is 10.0. The summed E-state index contributed by atoms with van der Waals surface area (Å²) in [6, 6.07) is 7.92. The molecule has 0 fully saturated rings. The predicted octanol–water partition coefficient (Wildman–Crippen LogP) is 2.95. The summed E-state index contributed by atoms with van der Waals surface area (Å²) in [5.41, 5.74) is 6.43. The SMILES string of the molecule is C=Cc1c(C)c(-c2c(C=C)c3ccccc3n2BO)n(BO)c1/C=C\C. The normalized spacial score (nSPS) is 11.2.